The summed E-state index contributed by atoms with van der Waals surface area (Å²) in [6.45, 7) is 0. The second-order valence-corrected chi connectivity index (χ2v) is 6.91. The van der Waals surface area contributed by atoms with Crippen LogP contribution in [0, 0.1) is 5.82 Å². The Hall–Kier alpha value is -2.05. The Bertz CT molecular complexity index is 967. The maximum Gasteiger partial charge on any atom is 0.263 e. The molecule has 0 atom stereocenters. The van der Waals surface area contributed by atoms with Gasteiger partial charge in [0.1, 0.15) is 10.7 Å². The van der Waals surface area contributed by atoms with Gasteiger partial charge in [0.2, 0.25) is 0 Å². The van der Waals surface area contributed by atoms with Crippen molar-refractivity contribution in [3.63, 3.8) is 0 Å². The molecule has 0 saturated heterocycles. The van der Waals surface area contributed by atoms with Gasteiger partial charge < -0.3 is 4.57 Å². The number of aromatic nitrogens is 1. The van der Waals surface area contributed by atoms with Crippen LogP contribution in [0.5, 0.6) is 0 Å². The lowest BCUT2D eigenvalue weighted by Gasteiger charge is -2.11. The van der Waals surface area contributed by atoms with Gasteiger partial charge in [-0.15, -0.1) is 0 Å². The van der Waals surface area contributed by atoms with E-state index in [1.165, 1.54) is 18.2 Å². The maximum absolute atomic E-state index is 13.2. The second kappa shape index (κ2) is 5.30. The lowest BCUT2D eigenvalue weighted by molar-refractivity contribution is 0.601. The number of fused-ring (bicyclic) bond motifs is 1. The Kier molecular flexibility index (Phi) is 3.58. The largest absolute Gasteiger partial charge is 0.349 e. The number of halogens is 2. The topological polar surface area (TPSA) is 51.1 Å². The summed E-state index contributed by atoms with van der Waals surface area (Å²) in [4.78, 5) is 0.151. The summed E-state index contributed by atoms with van der Waals surface area (Å²) in [6, 6.07) is 10.5. The summed E-state index contributed by atoms with van der Waals surface area (Å²) < 4.78 is 42.5. The van der Waals surface area contributed by atoms with Crippen LogP contribution in [0.15, 0.2) is 53.6 Å². The van der Waals surface area contributed by atoms with Gasteiger partial charge in [-0.25, -0.2) is 12.8 Å². The number of aryl methyl sites for hydroxylation is 1. The van der Waals surface area contributed by atoms with Crippen molar-refractivity contribution in [2.24, 2.45) is 7.05 Å². The molecule has 0 aliphatic carbocycles. The van der Waals surface area contributed by atoms with E-state index in [2.05, 4.69) is 4.72 Å². The van der Waals surface area contributed by atoms with Gasteiger partial charge in [0.05, 0.1) is 16.2 Å². The maximum atomic E-state index is 13.2. The number of anilines is 1. The lowest BCUT2D eigenvalue weighted by atomic mass is 10.2. The highest BCUT2D eigenvalue weighted by Crippen LogP contribution is 2.26. The van der Waals surface area contributed by atoms with Gasteiger partial charge in [-0.1, -0.05) is 23.7 Å². The smallest absolute Gasteiger partial charge is 0.263 e. The molecule has 0 aliphatic rings. The fourth-order valence-corrected chi connectivity index (χ4v) is 3.81. The number of rotatable bonds is 3. The molecule has 0 saturated carbocycles. The van der Waals surface area contributed by atoms with Crippen molar-refractivity contribution in [3.05, 3.63) is 59.5 Å². The van der Waals surface area contributed by atoms with Crippen molar-refractivity contribution in [1.82, 2.24) is 4.57 Å². The van der Waals surface area contributed by atoms with Crippen molar-refractivity contribution in [2.45, 2.75) is 4.90 Å². The van der Waals surface area contributed by atoms with Crippen LogP contribution in [0.3, 0.4) is 0 Å². The van der Waals surface area contributed by atoms with E-state index < -0.39 is 15.8 Å². The SMILES string of the molecule is Cn1ccc2cccc(S(=O)(=O)Nc3ccc(F)c(Cl)c3)c21. The molecule has 0 bridgehead atoms. The van der Waals surface area contributed by atoms with Gasteiger partial charge in [-0.3, -0.25) is 4.72 Å². The molecular formula is C15H12ClFN2O2S. The summed E-state index contributed by atoms with van der Waals surface area (Å²) in [5.74, 6) is -0.603. The zero-order chi connectivity index (χ0) is 15.9. The molecule has 22 heavy (non-hydrogen) atoms. The summed E-state index contributed by atoms with van der Waals surface area (Å²) in [6.07, 6.45) is 1.79. The monoisotopic (exact) mass is 338 g/mol. The number of nitrogens with one attached hydrogen (secondary N) is 1. The molecule has 7 heteroatoms. The van der Waals surface area contributed by atoms with E-state index in [0.29, 0.717) is 5.52 Å². The summed E-state index contributed by atoms with van der Waals surface area (Å²) in [7, 11) is -2.04. The highest BCUT2D eigenvalue weighted by Gasteiger charge is 2.19. The first-order valence-corrected chi connectivity index (χ1v) is 8.26. The minimum absolute atomic E-state index is 0.141. The van der Waals surface area contributed by atoms with Crippen LogP contribution in [0.2, 0.25) is 5.02 Å². The average molecular weight is 339 g/mol. The molecule has 3 rings (SSSR count). The van der Waals surface area contributed by atoms with E-state index >= 15 is 0 Å². The molecule has 0 aliphatic heterocycles. The number of nitrogens with zero attached hydrogens (tertiary/aromatic N) is 1. The normalized spacial score (nSPS) is 11.8. The number of hydrogen-bond donors (Lipinski definition) is 1. The number of benzene rings is 2. The minimum Gasteiger partial charge on any atom is -0.349 e. The van der Waals surface area contributed by atoms with Crippen molar-refractivity contribution in [1.29, 1.82) is 0 Å². The van der Waals surface area contributed by atoms with Crippen LogP contribution >= 0.6 is 11.6 Å². The fourth-order valence-electron chi connectivity index (χ4n) is 2.30. The Morgan fingerprint density at radius 1 is 1.18 bits per heavy atom. The third-order valence-corrected chi connectivity index (χ3v) is 5.02. The zero-order valence-corrected chi connectivity index (χ0v) is 13.1. The third kappa shape index (κ3) is 2.55. The van der Waals surface area contributed by atoms with Gasteiger partial charge >= 0.3 is 0 Å². The Morgan fingerprint density at radius 2 is 1.95 bits per heavy atom. The predicted octanol–water partition coefficient (Wildman–Crippen LogP) is 3.77. The first-order chi connectivity index (χ1) is 10.4. The first-order valence-electron chi connectivity index (χ1n) is 6.40. The van der Waals surface area contributed by atoms with Crippen molar-refractivity contribution < 1.29 is 12.8 Å². The summed E-state index contributed by atoms with van der Waals surface area (Å²) in [5, 5.41) is 0.680. The van der Waals surface area contributed by atoms with Crippen LogP contribution in [0.25, 0.3) is 10.9 Å². The molecule has 0 radical (unpaired) electrons. The molecule has 4 nitrogen and oxygen atoms in total. The summed E-state index contributed by atoms with van der Waals surface area (Å²) >= 11 is 5.68. The minimum atomic E-state index is -3.81. The molecule has 0 amide bonds. The van der Waals surface area contributed by atoms with Gasteiger partial charge in [0, 0.05) is 18.6 Å². The Morgan fingerprint density at radius 3 is 2.68 bits per heavy atom. The van der Waals surface area contributed by atoms with Gasteiger partial charge in [0.15, 0.2) is 0 Å². The highest BCUT2D eigenvalue weighted by atomic mass is 35.5. The molecular weight excluding hydrogens is 327 g/mol. The van der Waals surface area contributed by atoms with E-state index in [-0.39, 0.29) is 15.6 Å². The fraction of sp³-hybridized carbons (Fsp3) is 0.0667. The quantitative estimate of drug-likeness (QED) is 0.790. The van der Waals surface area contributed by atoms with Crippen LogP contribution in [0.4, 0.5) is 10.1 Å². The van der Waals surface area contributed by atoms with Gasteiger partial charge in [0.25, 0.3) is 10.0 Å². The number of sulfonamides is 1. The van der Waals surface area contributed by atoms with Crippen molar-refractivity contribution in [2.75, 3.05) is 4.72 Å². The standard InChI is InChI=1S/C15H12ClFN2O2S/c1-19-8-7-10-3-2-4-14(15(10)19)22(20,21)18-11-5-6-13(17)12(16)9-11/h2-9,18H,1H3. The molecule has 0 spiro atoms. The molecule has 1 aromatic heterocycles. The Balaban J connectivity index is 2.08. The van der Waals surface area contributed by atoms with E-state index in [1.807, 2.05) is 12.1 Å². The molecule has 114 valence electrons. The van der Waals surface area contributed by atoms with Crippen LogP contribution < -0.4 is 4.72 Å². The second-order valence-electron chi connectivity index (χ2n) is 4.86. The van der Waals surface area contributed by atoms with E-state index in [0.717, 1.165) is 11.5 Å². The van der Waals surface area contributed by atoms with Crippen molar-refractivity contribution in [3.8, 4) is 0 Å². The highest BCUT2D eigenvalue weighted by molar-refractivity contribution is 7.93. The molecule has 1 N–H and O–H groups in total. The molecule has 0 unspecified atom stereocenters. The lowest BCUT2D eigenvalue weighted by Crippen LogP contribution is -2.14. The molecule has 1 heterocycles. The molecule has 3 aromatic rings. The Labute approximate surface area is 132 Å². The zero-order valence-electron chi connectivity index (χ0n) is 11.5. The summed E-state index contributed by atoms with van der Waals surface area (Å²) in [5.41, 5.74) is 0.806. The van der Waals surface area contributed by atoms with E-state index in [9.17, 15) is 12.8 Å². The number of para-hydroxylation sites is 1. The van der Waals surface area contributed by atoms with Crippen molar-refractivity contribution >= 4 is 38.2 Å². The van der Waals surface area contributed by atoms with Crippen LogP contribution in [-0.4, -0.2) is 13.0 Å². The average Bonchev–Trinajstić information content (AvgIpc) is 2.84. The predicted molar refractivity (Wildman–Crippen MR) is 85.1 cm³/mol. The molecule has 0 fully saturated rings. The van der Waals surface area contributed by atoms with E-state index in [4.69, 9.17) is 11.6 Å². The molecule has 2 aromatic carbocycles. The van der Waals surface area contributed by atoms with Crippen LogP contribution in [0.1, 0.15) is 0 Å². The van der Waals surface area contributed by atoms with Crippen LogP contribution in [-0.2, 0) is 17.1 Å². The van der Waals surface area contributed by atoms with E-state index in [1.54, 1.807) is 23.9 Å². The third-order valence-electron chi connectivity index (χ3n) is 3.32. The van der Waals surface area contributed by atoms with Gasteiger partial charge in [-0.05, 0) is 30.3 Å². The first kappa shape index (κ1) is 14.9. The van der Waals surface area contributed by atoms with Gasteiger partial charge in [-0.2, -0.15) is 0 Å². The number of hydrogen-bond acceptors (Lipinski definition) is 2.